The van der Waals surface area contributed by atoms with Crippen LogP contribution >= 0.6 is 7.82 Å². The summed E-state index contributed by atoms with van der Waals surface area (Å²) < 4.78 is 52.4. The number of nitrogens with zero attached hydrogens (tertiary/aromatic N) is 3. The first-order chi connectivity index (χ1) is 16.0. The van der Waals surface area contributed by atoms with Crippen molar-refractivity contribution >= 4 is 29.2 Å². The number of aromatic amines is 1. The van der Waals surface area contributed by atoms with Gasteiger partial charge in [0, 0.05) is 6.07 Å². The van der Waals surface area contributed by atoms with Crippen LogP contribution < -0.4 is 15.2 Å². The van der Waals surface area contributed by atoms with Crippen molar-refractivity contribution in [3.05, 3.63) is 44.1 Å². The predicted molar refractivity (Wildman–Crippen MR) is 114 cm³/mol. The SMILES string of the molecule is Cc1cc2c(cc1C)[n+](S(=O)(=O)[O-])c1c(=O)[nH]c(=O)nc-1n2CC(O)C(O)C(O)COP(=O)(O)O. The van der Waals surface area contributed by atoms with E-state index in [1.54, 1.807) is 18.8 Å². The first-order valence-electron chi connectivity index (χ1n) is 9.71. The lowest BCUT2D eigenvalue weighted by atomic mass is 10.1. The first-order valence-corrected chi connectivity index (χ1v) is 12.6. The van der Waals surface area contributed by atoms with E-state index in [9.17, 15) is 42.4 Å². The maximum Gasteiger partial charge on any atom is 0.469 e. The molecule has 18 heteroatoms. The smallest absolute Gasteiger partial charge is 0.469 e. The monoisotopic (exact) mass is 536 g/mol. The van der Waals surface area contributed by atoms with E-state index in [1.165, 1.54) is 12.1 Å². The zero-order valence-corrected chi connectivity index (χ0v) is 19.8. The van der Waals surface area contributed by atoms with Crippen LogP contribution in [0.4, 0.5) is 0 Å². The Hall–Kier alpha value is -2.60. The van der Waals surface area contributed by atoms with Crippen molar-refractivity contribution in [3.63, 3.8) is 0 Å². The highest BCUT2D eigenvalue weighted by molar-refractivity contribution is 7.79. The number of hydrogen-bond donors (Lipinski definition) is 6. The Kier molecular flexibility index (Phi) is 7.29. The highest BCUT2D eigenvalue weighted by Crippen LogP contribution is 2.36. The minimum atomic E-state index is -5.37. The molecule has 6 N–H and O–H groups in total. The van der Waals surface area contributed by atoms with Gasteiger partial charge in [-0.25, -0.2) is 9.36 Å². The molecule has 0 saturated carbocycles. The zero-order chi connectivity index (χ0) is 26.5. The van der Waals surface area contributed by atoms with Crippen LogP contribution in [0, 0.1) is 13.8 Å². The van der Waals surface area contributed by atoms with E-state index in [0.717, 1.165) is 4.57 Å². The van der Waals surface area contributed by atoms with E-state index >= 15 is 0 Å². The summed E-state index contributed by atoms with van der Waals surface area (Å²) in [6.45, 7) is 1.47. The van der Waals surface area contributed by atoms with E-state index in [4.69, 9.17) is 9.79 Å². The number of hydrogen-bond acceptors (Lipinski definition) is 11. The molecule has 1 aromatic carbocycles. The highest BCUT2D eigenvalue weighted by Gasteiger charge is 2.36. The summed E-state index contributed by atoms with van der Waals surface area (Å²) in [5, 5.41) is 30.7. The van der Waals surface area contributed by atoms with Crippen LogP contribution in [0.15, 0.2) is 21.7 Å². The summed E-state index contributed by atoms with van der Waals surface area (Å²) in [5.74, 6) is -0.624. The quantitative estimate of drug-likeness (QED) is 0.0711. The van der Waals surface area contributed by atoms with Gasteiger partial charge in [0.25, 0.3) is 0 Å². The third kappa shape index (κ3) is 5.64. The number of aliphatic hydroxyl groups excluding tert-OH is 3. The standard InChI is InChI=1S/C17H21N4O12PS/c1-7-3-9-10(4-8(7)2)21(35(30,31)32)13-15(18-17(26)19-16(13)25)20(9)5-11(22)14(24)12(23)6-33-34(27,28)29/h3-4,11-12,14,22-24H,5-6H2,1-2H3,(H3-,19,25,26,27,28,29,30,31,32). The van der Waals surface area contributed by atoms with E-state index < -0.39 is 72.4 Å². The molecule has 0 fully saturated rings. The predicted octanol–water partition coefficient (Wildman–Crippen LogP) is -3.41. The number of phosphoric ester groups is 1. The van der Waals surface area contributed by atoms with Crippen LogP contribution in [0.2, 0.25) is 0 Å². The van der Waals surface area contributed by atoms with Gasteiger partial charge in [0.15, 0.2) is 0 Å². The molecule has 16 nitrogen and oxygen atoms in total. The molecule has 0 aliphatic carbocycles. The Morgan fingerprint density at radius 2 is 1.77 bits per heavy atom. The topological polar surface area (TPSA) is 256 Å². The Bertz CT molecular complexity index is 1530. The fourth-order valence-corrected chi connectivity index (χ4v) is 4.57. The van der Waals surface area contributed by atoms with Crippen LogP contribution in [0.1, 0.15) is 11.1 Å². The van der Waals surface area contributed by atoms with Crippen LogP contribution in [-0.2, 0) is 25.9 Å². The molecule has 3 unspecified atom stereocenters. The van der Waals surface area contributed by atoms with Gasteiger partial charge in [0.2, 0.25) is 11.3 Å². The third-order valence-corrected chi connectivity index (χ3v) is 6.52. The summed E-state index contributed by atoms with van der Waals surface area (Å²) in [6, 6.07) is 2.68. The van der Waals surface area contributed by atoms with Crippen LogP contribution in [0.3, 0.4) is 0 Å². The van der Waals surface area contributed by atoms with Gasteiger partial charge in [-0.3, -0.25) is 14.3 Å². The number of aromatic nitrogens is 4. The molecular weight excluding hydrogens is 515 g/mol. The molecule has 3 rings (SSSR count). The number of phosphoric acid groups is 1. The second-order valence-electron chi connectivity index (χ2n) is 7.71. The summed E-state index contributed by atoms with van der Waals surface area (Å²) in [4.78, 5) is 47.3. The normalized spacial score (nSPS) is 15.4. The number of nitrogens with one attached hydrogen (secondary N) is 1. The summed E-state index contributed by atoms with van der Waals surface area (Å²) in [6.07, 6.45) is -5.96. The lowest BCUT2D eigenvalue weighted by Gasteiger charge is -2.25. The average Bonchev–Trinajstić information content (AvgIpc) is 2.71. The molecule has 0 aromatic heterocycles. The molecule has 2 aliphatic rings. The number of rotatable bonds is 8. The Morgan fingerprint density at radius 3 is 2.34 bits per heavy atom. The van der Waals surface area contributed by atoms with Gasteiger partial charge in [-0.05, 0) is 31.0 Å². The van der Waals surface area contributed by atoms with E-state index in [-0.39, 0.29) is 15.0 Å². The molecule has 0 spiro atoms. The van der Waals surface area contributed by atoms with Crippen LogP contribution in [0.25, 0.3) is 22.6 Å². The van der Waals surface area contributed by atoms with Gasteiger partial charge in [-0.2, -0.15) is 13.4 Å². The highest BCUT2D eigenvalue weighted by atomic mass is 32.2. The van der Waals surface area contributed by atoms with Crippen molar-refractivity contribution in [3.8, 4) is 11.5 Å². The van der Waals surface area contributed by atoms with Gasteiger partial charge in [0.1, 0.15) is 23.8 Å². The summed E-state index contributed by atoms with van der Waals surface area (Å²) in [5.41, 5.74) is -2.56. The molecule has 0 amide bonds. The van der Waals surface area contributed by atoms with Crippen molar-refractivity contribution in [2.75, 3.05) is 6.61 Å². The largest absolute Gasteiger partial charge is 0.693 e. The zero-order valence-electron chi connectivity index (χ0n) is 18.1. The van der Waals surface area contributed by atoms with E-state index in [0.29, 0.717) is 11.1 Å². The molecule has 2 aliphatic heterocycles. The molecular formula is C17H21N4O12PS. The third-order valence-electron chi connectivity index (χ3n) is 5.21. The van der Waals surface area contributed by atoms with Crippen molar-refractivity contribution in [2.45, 2.75) is 38.7 Å². The fraction of sp³-hybridized carbons (Fsp3) is 0.412. The Labute approximate surface area is 196 Å². The van der Waals surface area contributed by atoms with Gasteiger partial charge in [0.05, 0.1) is 13.2 Å². The van der Waals surface area contributed by atoms with E-state index in [1.807, 2.05) is 0 Å². The molecule has 192 valence electrons. The Balaban J connectivity index is 2.27. The van der Waals surface area contributed by atoms with Crippen LogP contribution in [0.5, 0.6) is 0 Å². The van der Waals surface area contributed by atoms with Gasteiger partial charge < -0.3 is 34.2 Å². The molecule has 35 heavy (non-hydrogen) atoms. The van der Waals surface area contributed by atoms with Gasteiger partial charge >= 0.3 is 35.1 Å². The lowest BCUT2D eigenvalue weighted by molar-refractivity contribution is -0.479. The number of benzene rings is 1. The summed E-state index contributed by atoms with van der Waals surface area (Å²) >= 11 is 0. The van der Waals surface area contributed by atoms with Crippen LogP contribution in [-0.4, -0.2) is 77.5 Å². The summed E-state index contributed by atoms with van der Waals surface area (Å²) in [7, 11) is -10.4. The number of fused-ring (bicyclic) bond motifs is 2. The Morgan fingerprint density at radius 1 is 1.17 bits per heavy atom. The van der Waals surface area contributed by atoms with Crippen molar-refractivity contribution in [1.29, 1.82) is 0 Å². The fourth-order valence-electron chi connectivity index (χ4n) is 3.45. The maximum absolute atomic E-state index is 12.5. The first kappa shape index (κ1) is 27.0. The molecule has 0 saturated heterocycles. The minimum absolute atomic E-state index is 0.0790. The second-order valence-corrected chi connectivity index (χ2v) is 10.2. The van der Waals surface area contributed by atoms with Crippen molar-refractivity contribution in [2.24, 2.45) is 0 Å². The number of aryl methyl sites for hydroxylation is 2. The molecule has 3 atom stereocenters. The molecule has 2 heterocycles. The molecule has 1 aromatic rings. The van der Waals surface area contributed by atoms with Gasteiger partial charge in [-0.15, -0.1) is 0 Å². The minimum Gasteiger partial charge on any atom is -0.693 e. The average molecular weight is 536 g/mol. The lowest BCUT2D eigenvalue weighted by Crippen LogP contribution is -2.52. The second kappa shape index (κ2) is 9.45. The van der Waals surface area contributed by atoms with Crippen molar-refractivity contribution in [1.82, 2.24) is 14.5 Å². The molecule has 0 radical (unpaired) electrons. The maximum atomic E-state index is 12.5. The number of H-pyrrole nitrogens is 1. The number of aliphatic hydroxyl groups is 3. The molecule has 0 bridgehead atoms. The van der Waals surface area contributed by atoms with Crippen molar-refractivity contribution < 1.29 is 51.1 Å². The van der Waals surface area contributed by atoms with Gasteiger partial charge in [-0.1, -0.05) is 3.97 Å². The van der Waals surface area contributed by atoms with E-state index in [2.05, 4.69) is 9.51 Å².